The van der Waals surface area contributed by atoms with Crippen molar-refractivity contribution in [3.8, 4) is 11.8 Å². The number of thiophene rings is 1. The molecule has 0 aliphatic rings. The summed E-state index contributed by atoms with van der Waals surface area (Å²) in [6.07, 6.45) is 0. The third-order valence-corrected chi connectivity index (χ3v) is 3.62. The van der Waals surface area contributed by atoms with Gasteiger partial charge in [0.25, 0.3) is 0 Å². The standard InChI is InChI=1S/C15H12OS2/c1-11-4-6-14(12(9-11)10-17)15(16)7-5-13-3-2-8-18-13/h2-4,6,8-9,17H,10H2,1H3. The predicted octanol–water partition coefficient (Wildman–Crippen LogP) is 3.72. The fourth-order valence-electron chi connectivity index (χ4n) is 1.61. The zero-order valence-corrected chi connectivity index (χ0v) is 11.6. The largest absolute Gasteiger partial charge is 0.279 e. The lowest BCUT2D eigenvalue weighted by Gasteiger charge is -2.04. The molecule has 0 saturated heterocycles. The molecule has 0 saturated carbocycles. The van der Waals surface area contributed by atoms with E-state index in [-0.39, 0.29) is 5.78 Å². The monoisotopic (exact) mass is 272 g/mol. The van der Waals surface area contributed by atoms with Crippen molar-refractivity contribution >= 4 is 29.7 Å². The number of ketones is 1. The van der Waals surface area contributed by atoms with Crippen LogP contribution in [0, 0.1) is 18.8 Å². The first-order valence-electron chi connectivity index (χ1n) is 5.51. The molecule has 0 fully saturated rings. The van der Waals surface area contributed by atoms with Gasteiger partial charge in [0, 0.05) is 11.3 Å². The van der Waals surface area contributed by atoms with E-state index in [1.54, 1.807) is 0 Å². The minimum atomic E-state index is -0.146. The van der Waals surface area contributed by atoms with Crippen molar-refractivity contribution in [3.63, 3.8) is 0 Å². The fraction of sp³-hybridized carbons (Fsp3) is 0.133. The minimum Gasteiger partial charge on any atom is -0.279 e. The third kappa shape index (κ3) is 3.04. The molecule has 2 aromatic rings. The number of benzene rings is 1. The van der Waals surface area contributed by atoms with E-state index in [2.05, 4.69) is 24.5 Å². The Bertz CT molecular complexity index is 616. The summed E-state index contributed by atoms with van der Waals surface area (Å²) < 4.78 is 0. The van der Waals surface area contributed by atoms with Crippen LogP contribution in [0.1, 0.15) is 26.4 Å². The van der Waals surface area contributed by atoms with Gasteiger partial charge in [-0.1, -0.05) is 23.8 Å². The van der Waals surface area contributed by atoms with Gasteiger partial charge >= 0.3 is 0 Å². The van der Waals surface area contributed by atoms with Crippen LogP contribution in [0.5, 0.6) is 0 Å². The Hall–Kier alpha value is -1.50. The van der Waals surface area contributed by atoms with E-state index in [9.17, 15) is 4.79 Å². The first-order valence-corrected chi connectivity index (χ1v) is 7.02. The van der Waals surface area contributed by atoms with Gasteiger partial charge in [-0.2, -0.15) is 12.6 Å². The number of carbonyl (C=O) groups excluding carboxylic acids is 1. The van der Waals surface area contributed by atoms with E-state index in [4.69, 9.17) is 0 Å². The van der Waals surface area contributed by atoms with Crippen molar-refractivity contribution in [3.05, 3.63) is 57.3 Å². The summed E-state index contributed by atoms with van der Waals surface area (Å²) in [4.78, 5) is 12.9. The van der Waals surface area contributed by atoms with Crippen molar-refractivity contribution in [2.45, 2.75) is 12.7 Å². The summed E-state index contributed by atoms with van der Waals surface area (Å²) in [6.45, 7) is 2.00. The van der Waals surface area contributed by atoms with E-state index < -0.39 is 0 Å². The molecular formula is C15H12OS2. The lowest BCUT2D eigenvalue weighted by molar-refractivity contribution is 0.105. The smallest absolute Gasteiger partial charge is 0.236 e. The molecule has 0 bridgehead atoms. The van der Waals surface area contributed by atoms with Crippen LogP contribution in [-0.4, -0.2) is 5.78 Å². The molecule has 1 aromatic heterocycles. The van der Waals surface area contributed by atoms with Gasteiger partial charge in [-0.25, -0.2) is 0 Å². The second-order valence-electron chi connectivity index (χ2n) is 3.88. The number of hydrogen-bond donors (Lipinski definition) is 1. The Morgan fingerprint density at radius 1 is 1.39 bits per heavy atom. The van der Waals surface area contributed by atoms with Crippen LogP contribution in [0.25, 0.3) is 0 Å². The molecule has 1 heterocycles. The molecule has 2 rings (SSSR count). The zero-order chi connectivity index (χ0) is 13.0. The Kier molecular flexibility index (Phi) is 4.24. The van der Waals surface area contributed by atoms with Crippen LogP contribution in [0.15, 0.2) is 35.7 Å². The lowest BCUT2D eigenvalue weighted by Crippen LogP contribution is -2.00. The topological polar surface area (TPSA) is 17.1 Å². The number of hydrogen-bond acceptors (Lipinski definition) is 3. The summed E-state index contributed by atoms with van der Waals surface area (Å²) in [5.74, 6) is 5.97. The zero-order valence-electron chi connectivity index (χ0n) is 9.93. The number of aryl methyl sites for hydroxylation is 1. The second-order valence-corrected chi connectivity index (χ2v) is 5.14. The van der Waals surface area contributed by atoms with Crippen molar-refractivity contribution in [1.29, 1.82) is 0 Å². The number of carbonyl (C=O) groups is 1. The Morgan fingerprint density at radius 2 is 2.22 bits per heavy atom. The minimum absolute atomic E-state index is 0.146. The van der Waals surface area contributed by atoms with Gasteiger partial charge in [0.2, 0.25) is 5.78 Å². The molecule has 0 aliphatic heterocycles. The summed E-state index contributed by atoms with van der Waals surface area (Å²) in [6, 6.07) is 9.55. The van der Waals surface area contributed by atoms with Gasteiger partial charge in [-0.05, 0) is 41.8 Å². The summed E-state index contributed by atoms with van der Waals surface area (Å²) in [7, 11) is 0. The molecule has 3 heteroatoms. The van der Waals surface area contributed by atoms with Crippen LogP contribution < -0.4 is 0 Å². The van der Waals surface area contributed by atoms with E-state index in [0.29, 0.717) is 11.3 Å². The predicted molar refractivity (Wildman–Crippen MR) is 79.4 cm³/mol. The maximum atomic E-state index is 12.0. The molecule has 0 atom stereocenters. The number of Topliss-reactive ketones (excluding diaryl/α,β-unsaturated/α-hetero) is 1. The van der Waals surface area contributed by atoms with Gasteiger partial charge in [-0.15, -0.1) is 11.3 Å². The summed E-state index contributed by atoms with van der Waals surface area (Å²) in [5.41, 5.74) is 2.71. The third-order valence-electron chi connectivity index (χ3n) is 2.50. The van der Waals surface area contributed by atoms with Gasteiger partial charge in [0.15, 0.2) is 0 Å². The Morgan fingerprint density at radius 3 is 2.89 bits per heavy atom. The maximum Gasteiger partial charge on any atom is 0.236 e. The number of thiol groups is 1. The molecule has 0 amide bonds. The average molecular weight is 272 g/mol. The highest BCUT2D eigenvalue weighted by molar-refractivity contribution is 7.79. The Labute approximate surface area is 116 Å². The van der Waals surface area contributed by atoms with Gasteiger partial charge in [-0.3, -0.25) is 4.79 Å². The second kappa shape index (κ2) is 5.90. The van der Waals surface area contributed by atoms with Crippen molar-refractivity contribution < 1.29 is 4.79 Å². The lowest BCUT2D eigenvalue weighted by atomic mass is 10.0. The van der Waals surface area contributed by atoms with Gasteiger partial charge in [0.05, 0.1) is 4.88 Å². The molecule has 0 aliphatic carbocycles. The molecule has 18 heavy (non-hydrogen) atoms. The van der Waals surface area contributed by atoms with Crippen molar-refractivity contribution in [1.82, 2.24) is 0 Å². The molecule has 0 radical (unpaired) electrons. The highest BCUT2D eigenvalue weighted by Crippen LogP contribution is 2.15. The van der Waals surface area contributed by atoms with E-state index in [1.165, 1.54) is 11.3 Å². The normalized spacial score (nSPS) is 9.67. The molecule has 0 spiro atoms. The first kappa shape index (κ1) is 12.9. The van der Waals surface area contributed by atoms with E-state index >= 15 is 0 Å². The Balaban J connectivity index is 2.29. The summed E-state index contributed by atoms with van der Waals surface area (Å²) in [5, 5.41) is 1.94. The molecule has 1 nitrogen and oxygen atoms in total. The quantitative estimate of drug-likeness (QED) is 0.501. The highest BCUT2D eigenvalue weighted by atomic mass is 32.1. The van der Waals surface area contributed by atoms with Crippen molar-refractivity contribution in [2.75, 3.05) is 0 Å². The van der Waals surface area contributed by atoms with Gasteiger partial charge in [0.1, 0.15) is 0 Å². The maximum absolute atomic E-state index is 12.0. The van der Waals surface area contributed by atoms with Crippen LogP contribution in [0.2, 0.25) is 0 Å². The molecule has 90 valence electrons. The van der Waals surface area contributed by atoms with E-state index in [1.807, 2.05) is 42.6 Å². The van der Waals surface area contributed by atoms with Crippen LogP contribution in [0.3, 0.4) is 0 Å². The first-order chi connectivity index (χ1) is 8.70. The molecule has 1 aromatic carbocycles. The number of rotatable bonds is 2. The van der Waals surface area contributed by atoms with Crippen LogP contribution in [0.4, 0.5) is 0 Å². The highest BCUT2D eigenvalue weighted by Gasteiger charge is 2.08. The van der Waals surface area contributed by atoms with Gasteiger partial charge < -0.3 is 0 Å². The van der Waals surface area contributed by atoms with E-state index in [0.717, 1.165) is 16.0 Å². The fourth-order valence-corrected chi connectivity index (χ4v) is 2.44. The van der Waals surface area contributed by atoms with Crippen LogP contribution >= 0.6 is 24.0 Å². The summed E-state index contributed by atoms with van der Waals surface area (Å²) >= 11 is 5.78. The van der Waals surface area contributed by atoms with Crippen LogP contribution in [-0.2, 0) is 5.75 Å². The SMILES string of the molecule is Cc1ccc(C(=O)C#Cc2cccs2)c(CS)c1. The molecule has 0 N–H and O–H groups in total. The average Bonchev–Trinajstić information content (AvgIpc) is 2.88. The molecule has 0 unspecified atom stereocenters. The molecular weight excluding hydrogens is 260 g/mol. The van der Waals surface area contributed by atoms with Crippen molar-refractivity contribution in [2.24, 2.45) is 0 Å².